The molecule has 11 heteroatoms. The molecule has 3 aromatic heterocycles. The predicted octanol–water partition coefficient (Wildman–Crippen LogP) is 4.15. The number of benzene rings is 3. The Balaban J connectivity index is 1.49. The van der Waals surface area contributed by atoms with E-state index in [1.54, 1.807) is 41.4 Å². The van der Waals surface area contributed by atoms with Crippen molar-refractivity contribution in [1.82, 2.24) is 32.9 Å². The van der Waals surface area contributed by atoms with E-state index in [1.165, 1.54) is 25.5 Å². The third-order valence-electron chi connectivity index (χ3n) is 8.85. The summed E-state index contributed by atoms with van der Waals surface area (Å²) in [6.45, 7) is 6.24. The van der Waals surface area contributed by atoms with Crippen LogP contribution in [0.2, 0.25) is 0 Å². The molecule has 43 heavy (non-hydrogen) atoms. The molecule has 0 saturated carbocycles. The second-order valence-corrected chi connectivity index (χ2v) is 13.4. The minimum Gasteiger partial charge on any atom is -0.345 e. The highest BCUT2D eigenvalue weighted by Crippen LogP contribution is 2.36. The van der Waals surface area contributed by atoms with E-state index in [0.717, 1.165) is 59.4 Å². The lowest BCUT2D eigenvalue weighted by atomic mass is 10.1. The van der Waals surface area contributed by atoms with Crippen molar-refractivity contribution in [1.29, 1.82) is 0 Å². The van der Waals surface area contributed by atoms with Gasteiger partial charge in [0.2, 0.25) is 10.0 Å². The van der Waals surface area contributed by atoms with Crippen molar-refractivity contribution in [2.24, 2.45) is 14.1 Å². The minimum atomic E-state index is -3.69. The van der Waals surface area contributed by atoms with Crippen molar-refractivity contribution in [3.8, 4) is 17.1 Å². The number of sulfonamides is 1. The molecule has 7 rings (SSSR count). The van der Waals surface area contributed by atoms with Gasteiger partial charge in [-0.25, -0.2) is 22.9 Å². The van der Waals surface area contributed by atoms with E-state index in [9.17, 15) is 13.2 Å². The van der Waals surface area contributed by atoms with Gasteiger partial charge in [-0.3, -0.25) is 13.7 Å². The molecular formula is C32H35N7O3S. The van der Waals surface area contributed by atoms with E-state index < -0.39 is 10.0 Å². The SMILES string of the molecule is CNS(=O)(=O)c1ccc2nc(-c3cn(CCN4CCCC4)c4cc(C)ccc34)n(-c3ccc4c(c3)n(C)c(=O)n4C)c2c1. The summed E-state index contributed by atoms with van der Waals surface area (Å²) in [5.74, 6) is 0.711. The summed E-state index contributed by atoms with van der Waals surface area (Å²) in [5, 5.41) is 1.08. The zero-order valence-electron chi connectivity index (χ0n) is 24.8. The van der Waals surface area contributed by atoms with Gasteiger partial charge in [0.15, 0.2) is 0 Å². The lowest BCUT2D eigenvalue weighted by molar-refractivity contribution is 0.324. The van der Waals surface area contributed by atoms with Gasteiger partial charge in [-0.15, -0.1) is 0 Å². The van der Waals surface area contributed by atoms with Gasteiger partial charge < -0.3 is 9.47 Å². The van der Waals surface area contributed by atoms with Crippen LogP contribution in [0.15, 0.2) is 70.5 Å². The standard InChI is InChI=1S/C32H35N7O3S/c1-21-7-10-24-25(20-38(28(24)17-21)16-15-37-13-5-6-14-37)31-34-26-11-9-23(43(41,42)33-2)19-29(26)39(31)22-8-12-27-30(18-22)36(4)32(40)35(27)3/h7-12,17-20,33H,5-6,13-16H2,1-4H3. The maximum atomic E-state index is 12.8. The fourth-order valence-corrected chi connectivity index (χ4v) is 7.19. The van der Waals surface area contributed by atoms with E-state index in [4.69, 9.17) is 4.98 Å². The van der Waals surface area contributed by atoms with Gasteiger partial charge in [0, 0.05) is 55.5 Å². The molecule has 10 nitrogen and oxygen atoms in total. The molecule has 1 saturated heterocycles. The van der Waals surface area contributed by atoms with Crippen LogP contribution in [0.3, 0.4) is 0 Å². The first-order valence-electron chi connectivity index (χ1n) is 14.6. The van der Waals surface area contributed by atoms with Crippen LogP contribution in [0.1, 0.15) is 18.4 Å². The Morgan fingerprint density at radius 1 is 0.860 bits per heavy atom. The van der Waals surface area contributed by atoms with Crippen LogP contribution in [0, 0.1) is 6.92 Å². The normalized spacial score (nSPS) is 14.6. The number of fused-ring (bicyclic) bond motifs is 3. The Morgan fingerprint density at radius 2 is 1.63 bits per heavy atom. The Hall–Kier alpha value is -4.19. The summed E-state index contributed by atoms with van der Waals surface area (Å²) in [5.41, 5.74) is 6.91. The van der Waals surface area contributed by atoms with Crippen LogP contribution >= 0.6 is 0 Å². The Labute approximate surface area is 249 Å². The summed E-state index contributed by atoms with van der Waals surface area (Å²) in [4.78, 5) is 20.5. The molecule has 0 aliphatic carbocycles. The monoisotopic (exact) mass is 597 g/mol. The summed E-state index contributed by atoms with van der Waals surface area (Å²) in [7, 11) is 1.24. The van der Waals surface area contributed by atoms with Crippen molar-refractivity contribution in [2.75, 3.05) is 26.7 Å². The summed E-state index contributed by atoms with van der Waals surface area (Å²) in [6, 6.07) is 17.4. The second-order valence-electron chi connectivity index (χ2n) is 11.5. The van der Waals surface area contributed by atoms with E-state index >= 15 is 0 Å². The van der Waals surface area contributed by atoms with Gasteiger partial charge in [-0.2, -0.15) is 0 Å². The van der Waals surface area contributed by atoms with Gasteiger partial charge in [-0.05, 0) is 87.9 Å². The maximum absolute atomic E-state index is 12.8. The quantitative estimate of drug-likeness (QED) is 0.298. The molecule has 0 amide bonds. The molecule has 222 valence electrons. The smallest absolute Gasteiger partial charge is 0.328 e. The average molecular weight is 598 g/mol. The Kier molecular flexibility index (Phi) is 6.57. The third-order valence-corrected chi connectivity index (χ3v) is 10.3. The second kappa shape index (κ2) is 10.2. The number of hydrogen-bond donors (Lipinski definition) is 1. The fourth-order valence-electron chi connectivity index (χ4n) is 6.44. The van der Waals surface area contributed by atoms with E-state index in [2.05, 4.69) is 45.5 Å². The molecule has 0 spiro atoms. The molecule has 0 radical (unpaired) electrons. The summed E-state index contributed by atoms with van der Waals surface area (Å²) in [6.07, 6.45) is 4.69. The minimum absolute atomic E-state index is 0.110. The molecule has 1 N–H and O–H groups in total. The van der Waals surface area contributed by atoms with Crippen molar-refractivity contribution >= 4 is 43.0 Å². The summed E-state index contributed by atoms with van der Waals surface area (Å²) < 4.78 is 35.7. The molecule has 6 aromatic rings. The lowest BCUT2D eigenvalue weighted by Crippen LogP contribution is -2.23. The van der Waals surface area contributed by atoms with Gasteiger partial charge >= 0.3 is 5.69 Å². The van der Waals surface area contributed by atoms with E-state index in [-0.39, 0.29) is 10.6 Å². The van der Waals surface area contributed by atoms with Crippen LogP contribution in [0.25, 0.3) is 50.0 Å². The van der Waals surface area contributed by atoms with Gasteiger partial charge in [0.05, 0.1) is 27.0 Å². The van der Waals surface area contributed by atoms with Crippen molar-refractivity contribution in [2.45, 2.75) is 31.2 Å². The van der Waals surface area contributed by atoms with Gasteiger partial charge in [-0.1, -0.05) is 12.1 Å². The molecule has 3 aromatic carbocycles. The molecule has 0 bridgehead atoms. The highest BCUT2D eigenvalue weighted by atomic mass is 32.2. The van der Waals surface area contributed by atoms with Crippen molar-refractivity contribution < 1.29 is 8.42 Å². The van der Waals surface area contributed by atoms with Gasteiger partial charge in [0.1, 0.15) is 5.82 Å². The zero-order chi connectivity index (χ0) is 30.0. The van der Waals surface area contributed by atoms with Crippen LogP contribution in [-0.2, 0) is 30.7 Å². The molecule has 1 aliphatic rings. The topological polar surface area (TPSA) is 99.1 Å². The Morgan fingerprint density at radius 3 is 2.40 bits per heavy atom. The van der Waals surface area contributed by atoms with Crippen LogP contribution in [0.5, 0.6) is 0 Å². The average Bonchev–Trinajstić information content (AvgIpc) is 3.78. The molecular weight excluding hydrogens is 562 g/mol. The highest BCUT2D eigenvalue weighted by molar-refractivity contribution is 7.89. The van der Waals surface area contributed by atoms with Crippen molar-refractivity contribution in [3.63, 3.8) is 0 Å². The first-order chi connectivity index (χ1) is 20.7. The molecule has 1 fully saturated rings. The first kappa shape index (κ1) is 27.6. The molecule has 0 unspecified atom stereocenters. The predicted molar refractivity (Wildman–Crippen MR) is 170 cm³/mol. The van der Waals surface area contributed by atoms with Crippen LogP contribution in [-0.4, -0.2) is 63.3 Å². The number of nitrogens with one attached hydrogen (secondary N) is 1. The lowest BCUT2D eigenvalue weighted by Gasteiger charge is -2.15. The zero-order valence-corrected chi connectivity index (χ0v) is 25.6. The number of aryl methyl sites for hydroxylation is 3. The highest BCUT2D eigenvalue weighted by Gasteiger charge is 2.23. The van der Waals surface area contributed by atoms with Crippen LogP contribution < -0.4 is 10.4 Å². The van der Waals surface area contributed by atoms with Gasteiger partial charge in [0.25, 0.3) is 0 Å². The number of nitrogens with zero attached hydrogens (tertiary/aromatic N) is 6. The number of likely N-dealkylation sites (tertiary alicyclic amines) is 1. The number of hydrogen-bond acceptors (Lipinski definition) is 5. The molecule has 0 atom stereocenters. The van der Waals surface area contributed by atoms with E-state index in [0.29, 0.717) is 16.9 Å². The molecule has 4 heterocycles. The maximum Gasteiger partial charge on any atom is 0.328 e. The number of imidazole rings is 2. The fraction of sp³-hybridized carbons (Fsp3) is 0.312. The first-order valence-corrected chi connectivity index (χ1v) is 16.1. The van der Waals surface area contributed by atoms with Crippen LogP contribution in [0.4, 0.5) is 0 Å². The van der Waals surface area contributed by atoms with Crippen molar-refractivity contribution in [3.05, 3.63) is 76.8 Å². The number of aromatic nitrogens is 5. The summed E-state index contributed by atoms with van der Waals surface area (Å²) >= 11 is 0. The third kappa shape index (κ3) is 4.50. The largest absolute Gasteiger partial charge is 0.345 e. The number of rotatable bonds is 7. The molecule has 1 aliphatic heterocycles. The Bertz CT molecular complexity index is 2210. The van der Waals surface area contributed by atoms with E-state index in [1.807, 2.05) is 22.8 Å².